The average molecular weight is 746 g/mol. The molecule has 2 N–H and O–H groups in total. The monoisotopic (exact) mass is 745 g/mol. The lowest BCUT2D eigenvalue weighted by atomic mass is 10.2. The Morgan fingerprint density at radius 1 is 1.00 bits per heavy atom. The van der Waals surface area contributed by atoms with Gasteiger partial charge in [-0.25, -0.2) is 18.0 Å². The summed E-state index contributed by atoms with van der Waals surface area (Å²) in [5.74, 6) is -5.42. The van der Waals surface area contributed by atoms with Crippen molar-refractivity contribution in [2.45, 2.75) is 6.18 Å². The minimum atomic E-state index is -4.61. The molecule has 0 aliphatic heterocycles. The molecule has 10 nitrogen and oxygen atoms in total. The Labute approximate surface area is 277 Å². The summed E-state index contributed by atoms with van der Waals surface area (Å²) >= 11 is 11.9. The quantitative estimate of drug-likeness (QED) is 0.124. The van der Waals surface area contributed by atoms with Crippen LogP contribution in [0.25, 0.3) is 0 Å². The van der Waals surface area contributed by atoms with Gasteiger partial charge in [0.2, 0.25) is 18.0 Å². The van der Waals surface area contributed by atoms with Gasteiger partial charge in [0.25, 0.3) is 5.91 Å². The molecular weight excluding hydrogens is 723 g/mol. The standard InChI is InChI=1S/C21H11ClF6N2O3.C6H12NO4PS2/c22-12-8-10(21(26,27)28)4-7-17(12)33-11-5-6-16(15(25)9-11)29-20(32)30-19(31)18-13(23)2-1-3-14(18)24;1-7(5-8)6(9)4-14-12(13,10-2)11-3/h1-9H,(H2,29,30,31,32);5H,4H2,1-3H3. The average Bonchev–Trinajstić information content (AvgIpc) is 3.01. The molecule has 0 spiro atoms. The third kappa shape index (κ3) is 11.8. The number of anilines is 1. The number of rotatable bonds is 10. The number of hydrogen-bond donors (Lipinski definition) is 2. The zero-order valence-electron chi connectivity index (χ0n) is 24.2. The summed E-state index contributed by atoms with van der Waals surface area (Å²) < 4.78 is 94.8. The molecule has 0 unspecified atom stereocenters. The van der Waals surface area contributed by atoms with Crippen molar-refractivity contribution in [2.24, 2.45) is 0 Å². The Kier molecular flexibility index (Phi) is 14.7. The molecule has 5 amide bonds. The first-order valence-electron chi connectivity index (χ1n) is 12.4. The highest BCUT2D eigenvalue weighted by Crippen LogP contribution is 2.59. The maximum absolute atomic E-state index is 14.3. The fraction of sp³-hybridized carbons (Fsp3) is 0.185. The van der Waals surface area contributed by atoms with Gasteiger partial charge in [-0.15, -0.1) is 0 Å². The second kappa shape index (κ2) is 17.5. The highest BCUT2D eigenvalue weighted by molar-refractivity contribution is 8.68. The first kappa shape index (κ1) is 39.5. The molecule has 0 atom stereocenters. The molecule has 0 aliphatic rings. The number of carbonyl (C=O) groups excluding carboxylic acids is 4. The molecule has 0 fully saturated rings. The third-order valence-corrected chi connectivity index (χ3v) is 11.4. The van der Waals surface area contributed by atoms with Crippen LogP contribution < -0.4 is 15.4 Å². The number of imide groups is 2. The van der Waals surface area contributed by atoms with Crippen molar-refractivity contribution >= 4 is 70.4 Å². The van der Waals surface area contributed by atoms with E-state index in [2.05, 4.69) is 0 Å². The number of alkyl halides is 3. The van der Waals surface area contributed by atoms with Gasteiger partial charge in [0.15, 0.2) is 0 Å². The van der Waals surface area contributed by atoms with E-state index in [1.54, 1.807) is 5.32 Å². The van der Waals surface area contributed by atoms with Gasteiger partial charge < -0.3 is 19.1 Å². The summed E-state index contributed by atoms with van der Waals surface area (Å²) in [6.45, 7) is 0. The second-order valence-electron chi connectivity index (χ2n) is 8.59. The van der Waals surface area contributed by atoms with Crippen molar-refractivity contribution < 1.29 is 59.3 Å². The fourth-order valence-corrected chi connectivity index (χ4v) is 6.02. The number of nitrogens with one attached hydrogen (secondary N) is 2. The van der Waals surface area contributed by atoms with Crippen molar-refractivity contribution in [1.82, 2.24) is 10.2 Å². The highest BCUT2D eigenvalue weighted by Gasteiger charge is 2.31. The molecule has 0 radical (unpaired) electrons. The van der Waals surface area contributed by atoms with Gasteiger partial charge in [-0.2, -0.15) is 13.2 Å². The van der Waals surface area contributed by atoms with Crippen LogP contribution in [0.5, 0.6) is 11.5 Å². The van der Waals surface area contributed by atoms with Gasteiger partial charge in [0, 0.05) is 27.3 Å². The first-order valence-corrected chi connectivity index (χ1v) is 17.0. The van der Waals surface area contributed by atoms with Crippen LogP contribution >= 0.6 is 28.7 Å². The molecule has 20 heteroatoms. The smallest absolute Gasteiger partial charge is 0.416 e. The normalized spacial score (nSPS) is 11.1. The number of benzene rings is 3. The van der Waals surface area contributed by atoms with Gasteiger partial charge >= 0.3 is 12.2 Å². The van der Waals surface area contributed by atoms with E-state index in [4.69, 9.17) is 37.2 Å². The first-order chi connectivity index (χ1) is 21.9. The lowest BCUT2D eigenvalue weighted by Crippen LogP contribution is -2.35. The summed E-state index contributed by atoms with van der Waals surface area (Å²) in [7, 11) is 4.26. The number of carbonyl (C=O) groups is 4. The lowest BCUT2D eigenvalue weighted by molar-refractivity contribution is -0.137. The zero-order valence-corrected chi connectivity index (χ0v) is 27.5. The molecular formula is C27H23ClF6N3O7PS2. The van der Waals surface area contributed by atoms with Gasteiger partial charge in [0.05, 0.1) is 22.0 Å². The highest BCUT2D eigenvalue weighted by atomic mass is 35.5. The molecule has 3 rings (SSSR count). The Hall–Kier alpha value is -3.67. The summed E-state index contributed by atoms with van der Waals surface area (Å²) in [6, 6.07) is 6.68. The Morgan fingerprint density at radius 3 is 2.13 bits per heavy atom. The van der Waals surface area contributed by atoms with E-state index >= 15 is 0 Å². The van der Waals surface area contributed by atoms with Gasteiger partial charge in [-0.1, -0.05) is 29.0 Å². The number of nitrogens with zero attached hydrogens (tertiary/aromatic N) is 1. The number of halogens is 7. The molecule has 3 aromatic carbocycles. The van der Waals surface area contributed by atoms with Crippen LogP contribution in [-0.2, 0) is 36.6 Å². The fourth-order valence-electron chi connectivity index (χ4n) is 3.06. The van der Waals surface area contributed by atoms with Crippen LogP contribution in [0.3, 0.4) is 0 Å². The molecule has 0 aliphatic carbocycles. The summed E-state index contributed by atoms with van der Waals surface area (Å²) in [5.41, 5.74) is -4.82. The molecule has 3 aromatic rings. The SMILES string of the molecule is COP(=S)(OC)SCC(=O)N(C)C=O.O=C(NC(=O)c1c(F)cccc1F)Nc1ccc(Oc2ccc(C(F)(F)F)cc2Cl)cc1F. The Morgan fingerprint density at radius 2 is 1.62 bits per heavy atom. The number of urea groups is 1. The van der Waals surface area contributed by atoms with Crippen molar-refractivity contribution in [3.8, 4) is 11.5 Å². The molecule has 0 saturated carbocycles. The van der Waals surface area contributed by atoms with E-state index in [0.717, 1.165) is 64.8 Å². The van der Waals surface area contributed by atoms with E-state index < -0.39 is 58.1 Å². The van der Waals surface area contributed by atoms with Gasteiger partial charge in [-0.3, -0.25) is 24.6 Å². The molecule has 0 heterocycles. The van der Waals surface area contributed by atoms with Crippen LogP contribution in [0.1, 0.15) is 15.9 Å². The minimum Gasteiger partial charge on any atom is -0.456 e. The van der Waals surface area contributed by atoms with Crippen molar-refractivity contribution in [1.29, 1.82) is 0 Å². The van der Waals surface area contributed by atoms with E-state index in [-0.39, 0.29) is 28.2 Å². The third-order valence-electron chi connectivity index (χ3n) is 5.44. The largest absolute Gasteiger partial charge is 0.456 e. The zero-order chi connectivity index (χ0) is 35.5. The predicted octanol–water partition coefficient (Wildman–Crippen LogP) is 7.38. The van der Waals surface area contributed by atoms with Gasteiger partial charge in [0.1, 0.15) is 34.5 Å². The molecule has 47 heavy (non-hydrogen) atoms. The van der Waals surface area contributed by atoms with Crippen molar-refractivity contribution in [3.63, 3.8) is 0 Å². The van der Waals surface area contributed by atoms with Crippen molar-refractivity contribution in [2.75, 3.05) is 32.3 Å². The second-order valence-corrected chi connectivity index (χ2v) is 15.5. The Balaban J connectivity index is 0.000000463. The Bertz CT molecular complexity index is 1660. The topological polar surface area (TPSA) is 123 Å². The number of amides is 5. The molecule has 0 bridgehead atoms. The summed E-state index contributed by atoms with van der Waals surface area (Å²) in [4.78, 5) is 46.2. The molecule has 0 aromatic heterocycles. The predicted molar refractivity (Wildman–Crippen MR) is 165 cm³/mol. The molecule has 254 valence electrons. The van der Waals surface area contributed by atoms with Crippen LogP contribution in [0.15, 0.2) is 54.6 Å². The van der Waals surface area contributed by atoms with E-state index in [1.807, 2.05) is 5.32 Å². The van der Waals surface area contributed by atoms with Crippen molar-refractivity contribution in [3.05, 3.63) is 88.2 Å². The number of hydrogen-bond acceptors (Lipinski definition) is 9. The molecule has 0 saturated heterocycles. The maximum atomic E-state index is 14.3. The van der Waals surface area contributed by atoms with E-state index in [1.165, 1.54) is 21.3 Å². The number of ether oxygens (including phenoxy) is 1. The van der Waals surface area contributed by atoms with Crippen LogP contribution in [0.2, 0.25) is 5.02 Å². The summed E-state index contributed by atoms with van der Waals surface area (Å²) in [6.07, 6.45) is -4.16. The van der Waals surface area contributed by atoms with Crippen LogP contribution in [0.4, 0.5) is 36.8 Å². The van der Waals surface area contributed by atoms with E-state index in [0.29, 0.717) is 12.5 Å². The summed E-state index contributed by atoms with van der Waals surface area (Å²) in [5, 5.41) is 3.27. The van der Waals surface area contributed by atoms with Gasteiger partial charge in [-0.05, 0) is 54.3 Å². The minimum absolute atomic E-state index is 0.0776. The lowest BCUT2D eigenvalue weighted by Gasteiger charge is -2.16. The van der Waals surface area contributed by atoms with Crippen LogP contribution in [-0.4, -0.2) is 56.2 Å². The van der Waals surface area contributed by atoms with E-state index in [9.17, 15) is 45.5 Å². The maximum Gasteiger partial charge on any atom is 0.416 e. The van der Waals surface area contributed by atoms with Crippen LogP contribution in [0, 0.1) is 17.5 Å².